The van der Waals surface area contributed by atoms with Gasteiger partial charge in [-0.2, -0.15) is 15.6 Å². The van der Waals surface area contributed by atoms with Crippen molar-refractivity contribution in [3.05, 3.63) is 53.0 Å². The maximum absolute atomic E-state index is 9.24. The van der Waals surface area contributed by atoms with E-state index in [9.17, 15) is 5.26 Å². The highest BCUT2D eigenvalue weighted by atomic mass is 32.1. The number of aryl methyl sites for hydroxylation is 1. The fraction of sp³-hybridized carbons (Fsp3) is 0.273. The van der Waals surface area contributed by atoms with Crippen molar-refractivity contribution in [2.24, 2.45) is 5.10 Å². The average Bonchev–Trinajstić information content (AvgIpc) is 3.22. The maximum atomic E-state index is 9.24. The Morgan fingerprint density at radius 2 is 2.06 bits per heavy atom. The lowest BCUT2D eigenvalue weighted by atomic mass is 10.1. The van der Waals surface area contributed by atoms with E-state index < -0.39 is 6.04 Å². The van der Waals surface area contributed by atoms with Gasteiger partial charge in [0.2, 0.25) is 0 Å². The lowest BCUT2D eigenvalue weighted by molar-refractivity contribution is 0.537. The Labute approximate surface area is 186 Å². The zero-order chi connectivity index (χ0) is 23.0. The van der Waals surface area contributed by atoms with Crippen molar-refractivity contribution < 1.29 is 0 Å². The van der Waals surface area contributed by atoms with Gasteiger partial charge in [0.15, 0.2) is 5.01 Å². The van der Waals surface area contributed by atoms with Crippen LogP contribution in [-0.4, -0.2) is 32.4 Å². The molecule has 1 aliphatic rings. The lowest BCUT2D eigenvalue weighted by Gasteiger charge is -2.25. The van der Waals surface area contributed by atoms with E-state index in [1.54, 1.807) is 24.2 Å². The molecule has 31 heavy (non-hydrogen) atoms. The van der Waals surface area contributed by atoms with E-state index in [0.29, 0.717) is 22.7 Å². The number of rotatable bonds is 5. The van der Waals surface area contributed by atoms with Crippen LogP contribution in [0.1, 0.15) is 38.4 Å². The summed E-state index contributed by atoms with van der Waals surface area (Å²) < 4.78 is 0. The van der Waals surface area contributed by atoms with E-state index in [0.717, 1.165) is 21.3 Å². The van der Waals surface area contributed by atoms with E-state index in [2.05, 4.69) is 44.3 Å². The molecule has 0 fully saturated rings. The van der Waals surface area contributed by atoms with Crippen LogP contribution in [0.15, 0.2) is 47.4 Å². The highest BCUT2D eigenvalue weighted by Gasteiger charge is 2.20. The predicted molar refractivity (Wildman–Crippen MR) is 125 cm³/mol. The molecule has 2 aromatic heterocycles. The summed E-state index contributed by atoms with van der Waals surface area (Å²) >= 11 is 1.45. The molecule has 1 atom stereocenters. The van der Waals surface area contributed by atoms with E-state index >= 15 is 0 Å². The lowest BCUT2D eigenvalue weighted by Crippen LogP contribution is -2.19. The van der Waals surface area contributed by atoms with Gasteiger partial charge in [0.25, 0.3) is 0 Å². The predicted octanol–water partition coefficient (Wildman–Crippen LogP) is 4.88. The van der Waals surface area contributed by atoms with Crippen LogP contribution in [-0.2, 0) is 0 Å². The first kappa shape index (κ1) is 23.5. The summed E-state index contributed by atoms with van der Waals surface area (Å²) in [6.07, 6.45) is 6.71. The normalized spacial score (nSPS) is 14.0. The number of nitrogens with one attached hydrogen (secondary N) is 1. The number of hydrogen-bond acceptors (Lipinski definition) is 9. The smallest absolute Gasteiger partial charge is 0.151 e. The molecular formula is C22H24N8S. The Kier molecular flexibility index (Phi) is 8.18. The first-order valence-electron chi connectivity index (χ1n) is 9.75. The van der Waals surface area contributed by atoms with Crippen LogP contribution in [0.4, 0.5) is 5.69 Å². The minimum absolute atomic E-state index is 0.406. The number of nitriles is 2. The third-order valence-corrected chi connectivity index (χ3v) is 4.90. The molecule has 1 unspecified atom stereocenters. The van der Waals surface area contributed by atoms with Crippen molar-refractivity contribution in [3.8, 4) is 22.7 Å². The van der Waals surface area contributed by atoms with Gasteiger partial charge >= 0.3 is 0 Å². The van der Waals surface area contributed by atoms with Gasteiger partial charge in [0.05, 0.1) is 40.5 Å². The van der Waals surface area contributed by atoms with E-state index in [1.165, 1.54) is 17.6 Å². The number of nitrogens with zero attached hydrogens (tertiary/aromatic N) is 7. The van der Waals surface area contributed by atoms with E-state index in [4.69, 9.17) is 5.26 Å². The van der Waals surface area contributed by atoms with Crippen molar-refractivity contribution >= 4 is 28.9 Å². The monoisotopic (exact) mass is 432 g/mol. The molecule has 3 heterocycles. The van der Waals surface area contributed by atoms with Gasteiger partial charge in [-0.25, -0.2) is 5.01 Å². The minimum Gasteiger partial charge on any atom is -0.369 e. The minimum atomic E-state index is -0.406. The maximum Gasteiger partial charge on any atom is 0.151 e. The van der Waals surface area contributed by atoms with Gasteiger partial charge in [-0.15, -0.1) is 10.2 Å². The summed E-state index contributed by atoms with van der Waals surface area (Å²) in [5.74, 6) is 0. The Balaban J connectivity index is 0.00000166. The highest BCUT2D eigenvalue weighted by Crippen LogP contribution is 2.34. The molecule has 9 heteroatoms. The summed E-state index contributed by atoms with van der Waals surface area (Å²) in [7, 11) is 0. The third-order valence-electron chi connectivity index (χ3n) is 4.03. The van der Waals surface area contributed by atoms with Crippen molar-refractivity contribution in [1.29, 1.82) is 10.5 Å². The number of pyridine rings is 1. The Morgan fingerprint density at radius 3 is 2.61 bits per heavy atom. The second-order valence-electron chi connectivity index (χ2n) is 6.17. The SMILES string of the molecule is C=C1C=C(C#N)C=NN1/C(=C\C)c1cc(NC(C)C#N)c(-c2nnc(C)s2)cn1.CC. The summed E-state index contributed by atoms with van der Waals surface area (Å²) in [5.41, 5.74) is 3.82. The number of allylic oxidation sites excluding steroid dienone is 3. The van der Waals surface area contributed by atoms with Gasteiger partial charge in [-0.3, -0.25) is 4.98 Å². The van der Waals surface area contributed by atoms with Gasteiger partial charge in [0.1, 0.15) is 17.1 Å². The number of hydrazone groups is 1. The molecule has 0 bridgehead atoms. The second kappa shape index (κ2) is 10.8. The first-order valence-corrected chi connectivity index (χ1v) is 10.6. The van der Waals surface area contributed by atoms with Gasteiger partial charge in [-0.1, -0.05) is 37.8 Å². The molecular weight excluding hydrogens is 408 g/mol. The molecule has 0 aliphatic carbocycles. The molecule has 0 radical (unpaired) electrons. The summed E-state index contributed by atoms with van der Waals surface area (Å²) in [5, 5.41) is 37.3. The molecule has 0 amide bonds. The van der Waals surface area contributed by atoms with Crippen LogP contribution in [0.25, 0.3) is 16.3 Å². The Bertz CT molecular complexity index is 1130. The molecule has 1 N–H and O–H groups in total. The third kappa shape index (κ3) is 5.41. The zero-order valence-electron chi connectivity index (χ0n) is 18.2. The molecule has 3 rings (SSSR count). The quantitative estimate of drug-likeness (QED) is 0.716. The van der Waals surface area contributed by atoms with Gasteiger partial charge in [-0.05, 0) is 32.9 Å². The molecule has 0 aromatic carbocycles. The summed E-state index contributed by atoms with van der Waals surface area (Å²) in [6, 6.07) is 5.67. The summed E-state index contributed by atoms with van der Waals surface area (Å²) in [6.45, 7) is 13.5. The highest BCUT2D eigenvalue weighted by molar-refractivity contribution is 7.14. The van der Waals surface area contributed by atoms with Gasteiger partial charge in [0, 0.05) is 11.9 Å². The van der Waals surface area contributed by atoms with Crippen LogP contribution in [0.2, 0.25) is 0 Å². The molecule has 2 aromatic rings. The fourth-order valence-electron chi connectivity index (χ4n) is 2.68. The molecule has 0 spiro atoms. The van der Waals surface area contributed by atoms with E-state index in [1.807, 2.05) is 39.8 Å². The topological polar surface area (TPSA) is 114 Å². The number of hydrogen-bond donors (Lipinski definition) is 1. The molecule has 1 aliphatic heterocycles. The first-order chi connectivity index (χ1) is 15.0. The number of aromatic nitrogens is 3. The summed E-state index contributed by atoms with van der Waals surface area (Å²) in [4.78, 5) is 4.58. The van der Waals surface area contributed by atoms with Crippen LogP contribution in [0.3, 0.4) is 0 Å². The Morgan fingerprint density at radius 1 is 1.32 bits per heavy atom. The van der Waals surface area contributed by atoms with Crippen molar-refractivity contribution in [1.82, 2.24) is 20.2 Å². The van der Waals surface area contributed by atoms with Crippen molar-refractivity contribution in [2.45, 2.75) is 40.7 Å². The standard InChI is InChI=1S/C20H18N8S.C2H6/c1-5-19(28-13(3)6-15(9-22)10-24-28)18-7-17(25-12(2)8-21)16(11-23-18)20-27-26-14(4)29-20;1-2/h5-7,10-12H,3H2,1-2,4H3,(H,23,25);1-2H3/b19-5-;. The van der Waals surface area contributed by atoms with Crippen LogP contribution in [0, 0.1) is 29.6 Å². The van der Waals surface area contributed by atoms with Crippen LogP contribution in [0.5, 0.6) is 0 Å². The molecule has 158 valence electrons. The van der Waals surface area contributed by atoms with Gasteiger partial charge < -0.3 is 5.32 Å². The number of anilines is 1. The molecule has 8 nitrogen and oxygen atoms in total. The van der Waals surface area contributed by atoms with Crippen LogP contribution >= 0.6 is 11.3 Å². The second-order valence-corrected chi connectivity index (χ2v) is 7.35. The van der Waals surface area contributed by atoms with E-state index in [-0.39, 0.29) is 0 Å². The van der Waals surface area contributed by atoms with Crippen molar-refractivity contribution in [2.75, 3.05) is 5.32 Å². The Hall–Kier alpha value is -3.82. The zero-order valence-corrected chi connectivity index (χ0v) is 19.0. The average molecular weight is 433 g/mol. The van der Waals surface area contributed by atoms with Crippen LogP contribution < -0.4 is 5.32 Å². The fourth-order valence-corrected chi connectivity index (χ4v) is 3.40. The van der Waals surface area contributed by atoms with Crippen molar-refractivity contribution in [3.63, 3.8) is 0 Å². The largest absolute Gasteiger partial charge is 0.369 e. The molecule has 0 saturated carbocycles. The molecule has 0 saturated heterocycles.